The van der Waals surface area contributed by atoms with Crippen LogP contribution in [0.4, 0.5) is 0 Å². The van der Waals surface area contributed by atoms with E-state index in [9.17, 15) is 24.0 Å². The minimum atomic E-state index is -1.02. The number of carbonyl (C=O) groups excluding carboxylic acids is 5. The van der Waals surface area contributed by atoms with Crippen molar-refractivity contribution in [1.82, 2.24) is 20.9 Å². The number of oxime groups is 1. The van der Waals surface area contributed by atoms with Gasteiger partial charge in [0.1, 0.15) is 12.1 Å². The number of amides is 4. The molecule has 11 nitrogen and oxygen atoms in total. The summed E-state index contributed by atoms with van der Waals surface area (Å²) in [5, 5.41) is 13.0. The van der Waals surface area contributed by atoms with Crippen LogP contribution in [0.3, 0.4) is 0 Å². The molecular formula is C35H50ClN5O6. The second kappa shape index (κ2) is 14.7. The molecule has 0 unspecified atom stereocenters. The third kappa shape index (κ3) is 8.91. The molecule has 3 N–H and O–H groups in total. The standard InChI is InChI=1S/C32H42ClN5O6.C3H8/c1-17-11-21(17)27(40)36-26(31(2,3)4)30(43)38-16-32(14-23(37-44-32)19-7-6-8-20(33)13-19)15-24(38)28(41)35-22(12-18-9-10-18)25(39)29(42)34-5;1-3-2/h6-8,13,17-18,21-22,24,26H,9-12,14-16H2,1-5H3,(H,34,42)(H,35,41)(H,36,40);3H2,1-2H3/t17-,21-,22-,24-,26+,32+;/m0./s1. The average molecular weight is 672 g/mol. The fourth-order valence-corrected chi connectivity index (χ4v) is 6.36. The molecule has 1 aromatic carbocycles. The fourth-order valence-electron chi connectivity index (χ4n) is 6.17. The largest absolute Gasteiger partial charge is 0.387 e. The zero-order chi connectivity index (χ0) is 34.7. The van der Waals surface area contributed by atoms with Crippen molar-refractivity contribution < 1.29 is 28.8 Å². The number of nitrogens with zero attached hydrogens (tertiary/aromatic N) is 2. The van der Waals surface area contributed by atoms with Gasteiger partial charge in [0.05, 0.1) is 18.3 Å². The van der Waals surface area contributed by atoms with E-state index in [0.717, 1.165) is 24.8 Å². The van der Waals surface area contributed by atoms with E-state index in [1.165, 1.54) is 18.4 Å². The molecule has 6 atom stereocenters. The average Bonchev–Trinajstić information content (AvgIpc) is 3.91. The maximum Gasteiger partial charge on any atom is 0.289 e. The number of benzene rings is 1. The van der Waals surface area contributed by atoms with Crippen LogP contribution in [0.25, 0.3) is 0 Å². The quantitative estimate of drug-likeness (QED) is 0.321. The van der Waals surface area contributed by atoms with Crippen molar-refractivity contribution in [2.75, 3.05) is 13.6 Å². The van der Waals surface area contributed by atoms with E-state index >= 15 is 0 Å². The first-order chi connectivity index (χ1) is 22.1. The summed E-state index contributed by atoms with van der Waals surface area (Å²) in [4.78, 5) is 74.0. The number of Topliss-reactive ketones (excluding diaryl/α,β-unsaturated/α-hetero) is 1. The molecule has 1 spiro atoms. The SMILES string of the molecule is CCC.CNC(=O)C(=O)[C@H](CC1CC1)NC(=O)[C@@H]1C[C@]2(CC(c3cccc(Cl)c3)=NO2)CN1C(=O)[C@@H](NC(=O)[C@H]1C[C@@H]1C)C(C)(C)C. The van der Waals surface area contributed by atoms with Gasteiger partial charge in [-0.3, -0.25) is 24.0 Å². The highest BCUT2D eigenvalue weighted by molar-refractivity contribution is 6.38. The Labute approximate surface area is 282 Å². The number of carbonyl (C=O) groups is 5. The highest BCUT2D eigenvalue weighted by atomic mass is 35.5. The number of likely N-dealkylation sites (tertiary alicyclic amines) is 1. The molecule has 4 amide bonds. The van der Waals surface area contributed by atoms with Crippen molar-refractivity contribution in [3.05, 3.63) is 34.9 Å². The van der Waals surface area contributed by atoms with Crippen LogP contribution in [-0.4, -0.2) is 77.3 Å². The predicted molar refractivity (Wildman–Crippen MR) is 180 cm³/mol. The zero-order valence-corrected chi connectivity index (χ0v) is 29.4. The van der Waals surface area contributed by atoms with E-state index < -0.39 is 52.6 Å². The van der Waals surface area contributed by atoms with Gasteiger partial charge in [0, 0.05) is 36.4 Å². The summed E-state index contributed by atoms with van der Waals surface area (Å²) < 4.78 is 0. The Kier molecular flexibility index (Phi) is 11.4. The summed E-state index contributed by atoms with van der Waals surface area (Å²) in [5.74, 6) is -2.27. The molecule has 2 aliphatic heterocycles. The van der Waals surface area contributed by atoms with E-state index in [-0.39, 0.29) is 36.6 Å². The Morgan fingerprint density at radius 1 is 1.11 bits per heavy atom. The number of likely N-dealkylation sites (N-methyl/N-ethyl adjacent to an activating group) is 1. The second-order valence-electron chi connectivity index (χ2n) is 14.7. The van der Waals surface area contributed by atoms with Crippen LogP contribution in [0.15, 0.2) is 29.4 Å². The van der Waals surface area contributed by atoms with E-state index in [2.05, 4.69) is 35.0 Å². The maximum absolute atomic E-state index is 14.4. The van der Waals surface area contributed by atoms with Crippen molar-refractivity contribution in [1.29, 1.82) is 0 Å². The van der Waals surface area contributed by atoms with Crippen molar-refractivity contribution in [2.45, 2.75) is 110 Å². The maximum atomic E-state index is 14.4. The molecule has 12 heteroatoms. The zero-order valence-electron chi connectivity index (χ0n) is 28.7. The van der Waals surface area contributed by atoms with E-state index in [1.807, 2.05) is 39.8 Å². The Morgan fingerprint density at radius 3 is 2.32 bits per heavy atom. The summed E-state index contributed by atoms with van der Waals surface area (Å²) in [6.07, 6.45) is 4.67. The molecule has 5 rings (SSSR count). The lowest BCUT2D eigenvalue weighted by Gasteiger charge is -2.35. The molecule has 2 heterocycles. The van der Waals surface area contributed by atoms with Crippen molar-refractivity contribution in [3.63, 3.8) is 0 Å². The Morgan fingerprint density at radius 2 is 1.77 bits per heavy atom. The van der Waals surface area contributed by atoms with Gasteiger partial charge in [-0.2, -0.15) is 0 Å². The van der Waals surface area contributed by atoms with Crippen molar-refractivity contribution >= 4 is 46.7 Å². The van der Waals surface area contributed by atoms with Gasteiger partial charge >= 0.3 is 0 Å². The fraction of sp³-hybridized carbons (Fsp3) is 0.657. The first-order valence-electron chi connectivity index (χ1n) is 16.8. The highest BCUT2D eigenvalue weighted by Gasteiger charge is 2.56. The minimum Gasteiger partial charge on any atom is -0.387 e. The first kappa shape index (κ1) is 36.4. The van der Waals surface area contributed by atoms with Crippen molar-refractivity contribution in [3.8, 4) is 0 Å². The summed E-state index contributed by atoms with van der Waals surface area (Å²) in [5.41, 5.74) is -0.238. The van der Waals surface area contributed by atoms with E-state index in [1.54, 1.807) is 12.1 Å². The van der Waals surface area contributed by atoms with Crippen LogP contribution in [-0.2, 0) is 28.8 Å². The first-order valence-corrected chi connectivity index (χ1v) is 17.2. The molecule has 0 bridgehead atoms. The number of hydrogen-bond donors (Lipinski definition) is 3. The normalized spacial score (nSPS) is 25.8. The number of hydrogen-bond acceptors (Lipinski definition) is 7. The number of nitrogens with one attached hydrogen (secondary N) is 3. The van der Waals surface area contributed by atoms with Gasteiger partial charge in [0.15, 0.2) is 5.60 Å². The van der Waals surface area contributed by atoms with E-state index in [4.69, 9.17) is 16.4 Å². The molecule has 2 saturated carbocycles. The van der Waals surface area contributed by atoms with Crippen LogP contribution in [0.1, 0.15) is 92.1 Å². The smallest absolute Gasteiger partial charge is 0.289 e. The lowest BCUT2D eigenvalue weighted by molar-refractivity contribution is -0.145. The Balaban J connectivity index is 0.00000160. The van der Waals surface area contributed by atoms with Gasteiger partial charge in [0.2, 0.25) is 23.5 Å². The topological polar surface area (TPSA) is 146 Å². The molecule has 1 saturated heterocycles. The molecule has 0 radical (unpaired) electrons. The van der Waals surface area contributed by atoms with Crippen LogP contribution >= 0.6 is 11.6 Å². The molecule has 2 aliphatic carbocycles. The summed E-state index contributed by atoms with van der Waals surface area (Å²) in [6, 6.07) is 4.28. The molecule has 0 aromatic heterocycles. The number of ketones is 1. The summed E-state index contributed by atoms with van der Waals surface area (Å²) in [6.45, 7) is 11.9. The third-order valence-corrected chi connectivity index (χ3v) is 9.41. The molecular weight excluding hydrogens is 622 g/mol. The van der Waals surface area contributed by atoms with E-state index in [0.29, 0.717) is 23.6 Å². The van der Waals surface area contributed by atoms with Gasteiger partial charge < -0.3 is 25.7 Å². The lowest BCUT2D eigenvalue weighted by atomic mass is 9.85. The number of halogens is 1. The third-order valence-electron chi connectivity index (χ3n) is 9.18. The van der Waals surface area contributed by atoms with Gasteiger partial charge in [-0.05, 0) is 42.2 Å². The van der Waals surface area contributed by atoms with Gasteiger partial charge in [0.25, 0.3) is 5.91 Å². The Hall–Kier alpha value is -3.47. The number of rotatable bonds is 10. The monoisotopic (exact) mass is 671 g/mol. The molecule has 3 fully saturated rings. The molecule has 1 aromatic rings. The Bertz CT molecular complexity index is 1400. The van der Waals surface area contributed by atoms with Crippen LogP contribution in [0, 0.1) is 23.2 Å². The van der Waals surface area contributed by atoms with Gasteiger partial charge in [-0.15, -0.1) is 0 Å². The molecule has 47 heavy (non-hydrogen) atoms. The molecule has 258 valence electrons. The van der Waals surface area contributed by atoms with Crippen molar-refractivity contribution in [2.24, 2.45) is 28.3 Å². The van der Waals surface area contributed by atoms with Gasteiger partial charge in [-0.1, -0.05) is 89.7 Å². The summed E-state index contributed by atoms with van der Waals surface area (Å²) in [7, 11) is 1.37. The lowest BCUT2D eigenvalue weighted by Crippen LogP contribution is -2.59. The van der Waals surface area contributed by atoms with Crippen LogP contribution in [0.2, 0.25) is 5.02 Å². The van der Waals surface area contributed by atoms with Gasteiger partial charge in [-0.25, -0.2) is 0 Å². The summed E-state index contributed by atoms with van der Waals surface area (Å²) >= 11 is 6.21. The minimum absolute atomic E-state index is 0.0520. The van der Waals surface area contributed by atoms with Crippen LogP contribution < -0.4 is 16.0 Å². The molecule has 4 aliphatic rings. The second-order valence-corrected chi connectivity index (χ2v) is 15.1. The highest BCUT2D eigenvalue weighted by Crippen LogP contribution is 2.41. The predicted octanol–water partition coefficient (Wildman–Crippen LogP) is 4.01. The van der Waals surface area contributed by atoms with Crippen LogP contribution in [0.5, 0.6) is 0 Å².